The van der Waals surface area contributed by atoms with Gasteiger partial charge in [0.2, 0.25) is 6.79 Å². The maximum Gasteiger partial charge on any atom is 0.313 e. The molecule has 2 N–H and O–H groups in total. The molecule has 1 atom stereocenters. The van der Waals surface area contributed by atoms with Gasteiger partial charge in [0.05, 0.1) is 5.41 Å². The van der Waals surface area contributed by atoms with Gasteiger partial charge in [0.15, 0.2) is 11.5 Å². The number of ether oxygens (including phenoxy) is 2. The number of carboxylic acids is 1. The first kappa shape index (κ1) is 11.7. The largest absolute Gasteiger partial charge is 0.481 e. The Morgan fingerprint density at radius 3 is 2.76 bits per heavy atom. The molecule has 0 fully saturated rings. The molecule has 17 heavy (non-hydrogen) atoms. The second-order valence-corrected chi connectivity index (χ2v) is 4.18. The van der Waals surface area contributed by atoms with Crippen LogP contribution in [-0.2, 0) is 10.2 Å². The highest BCUT2D eigenvalue weighted by Crippen LogP contribution is 2.37. The highest BCUT2D eigenvalue weighted by molar-refractivity contribution is 5.81. The summed E-state index contributed by atoms with van der Waals surface area (Å²) in [7, 11) is 0. The van der Waals surface area contributed by atoms with Crippen LogP contribution in [0.15, 0.2) is 18.2 Å². The van der Waals surface area contributed by atoms with Crippen LogP contribution in [0, 0.1) is 0 Å². The van der Waals surface area contributed by atoms with Gasteiger partial charge < -0.3 is 19.7 Å². The standard InChI is InChI=1S/C12H14O5/c1-12(4-5-13,11(14)15)8-2-3-9-10(6-8)17-7-16-9/h2-3,6,13H,4-5,7H2,1H3,(H,14,15). The van der Waals surface area contributed by atoms with Gasteiger partial charge in [0.25, 0.3) is 0 Å². The highest BCUT2D eigenvalue weighted by atomic mass is 16.7. The molecule has 5 heteroatoms. The summed E-state index contributed by atoms with van der Waals surface area (Å²) in [6, 6.07) is 5.04. The molecule has 0 aromatic heterocycles. The zero-order chi connectivity index (χ0) is 12.5. The highest BCUT2D eigenvalue weighted by Gasteiger charge is 2.35. The molecule has 0 saturated carbocycles. The third kappa shape index (κ3) is 1.93. The molecule has 0 radical (unpaired) electrons. The SMILES string of the molecule is CC(CCO)(C(=O)O)c1ccc2c(c1)OCO2. The van der Waals surface area contributed by atoms with E-state index in [-0.39, 0.29) is 19.8 Å². The number of rotatable bonds is 4. The summed E-state index contributed by atoms with van der Waals surface area (Å²) in [5, 5.41) is 18.3. The Balaban J connectivity index is 2.40. The molecule has 0 saturated heterocycles. The first-order valence-electron chi connectivity index (χ1n) is 5.32. The van der Waals surface area contributed by atoms with Crippen LogP contribution in [0.5, 0.6) is 11.5 Å². The second kappa shape index (κ2) is 4.25. The summed E-state index contributed by atoms with van der Waals surface area (Å²) in [6.07, 6.45) is 0.155. The number of aliphatic hydroxyl groups excluding tert-OH is 1. The molecule has 2 rings (SSSR count). The quantitative estimate of drug-likeness (QED) is 0.822. The van der Waals surface area contributed by atoms with Crippen molar-refractivity contribution in [3.05, 3.63) is 23.8 Å². The summed E-state index contributed by atoms with van der Waals surface area (Å²) in [4.78, 5) is 11.3. The summed E-state index contributed by atoms with van der Waals surface area (Å²) in [5.41, 5.74) is -0.515. The van der Waals surface area contributed by atoms with Gasteiger partial charge in [-0.2, -0.15) is 0 Å². The van der Waals surface area contributed by atoms with Gasteiger partial charge >= 0.3 is 5.97 Å². The van der Waals surface area contributed by atoms with E-state index in [1.807, 2.05) is 0 Å². The number of benzene rings is 1. The molecule has 5 nitrogen and oxygen atoms in total. The molecular formula is C12H14O5. The van der Waals surface area contributed by atoms with Crippen LogP contribution in [0.1, 0.15) is 18.9 Å². The summed E-state index contributed by atoms with van der Waals surface area (Å²) in [5.74, 6) is 0.198. The molecule has 1 aliphatic heterocycles. The van der Waals surface area contributed by atoms with Crippen LogP contribution in [0.4, 0.5) is 0 Å². The van der Waals surface area contributed by atoms with E-state index in [1.165, 1.54) is 0 Å². The number of carboxylic acid groups (broad SMARTS) is 1. The van der Waals surface area contributed by atoms with Crippen molar-refractivity contribution in [1.82, 2.24) is 0 Å². The minimum absolute atomic E-state index is 0.155. The van der Waals surface area contributed by atoms with Gasteiger partial charge in [-0.05, 0) is 31.0 Å². The summed E-state index contributed by atoms with van der Waals surface area (Å²) in [6.45, 7) is 1.56. The molecule has 1 heterocycles. The van der Waals surface area contributed by atoms with Crippen LogP contribution >= 0.6 is 0 Å². The first-order chi connectivity index (χ1) is 8.08. The van der Waals surface area contributed by atoms with Crippen molar-refractivity contribution in [2.45, 2.75) is 18.8 Å². The fraction of sp³-hybridized carbons (Fsp3) is 0.417. The van der Waals surface area contributed by atoms with E-state index in [0.29, 0.717) is 17.1 Å². The lowest BCUT2D eigenvalue weighted by Gasteiger charge is -2.24. The van der Waals surface area contributed by atoms with Crippen LogP contribution in [0.3, 0.4) is 0 Å². The Morgan fingerprint density at radius 1 is 1.41 bits per heavy atom. The van der Waals surface area contributed by atoms with E-state index in [0.717, 1.165) is 0 Å². The predicted molar refractivity (Wildman–Crippen MR) is 59.3 cm³/mol. The zero-order valence-corrected chi connectivity index (χ0v) is 9.47. The van der Waals surface area contributed by atoms with E-state index in [9.17, 15) is 9.90 Å². The van der Waals surface area contributed by atoms with Crippen molar-refractivity contribution in [3.8, 4) is 11.5 Å². The average Bonchev–Trinajstić information content (AvgIpc) is 2.75. The van der Waals surface area contributed by atoms with Crippen LogP contribution in [0.2, 0.25) is 0 Å². The third-order valence-electron chi connectivity index (χ3n) is 3.09. The van der Waals surface area contributed by atoms with Crippen molar-refractivity contribution in [3.63, 3.8) is 0 Å². The van der Waals surface area contributed by atoms with Gasteiger partial charge in [0.1, 0.15) is 0 Å². The van der Waals surface area contributed by atoms with Crippen molar-refractivity contribution in [2.24, 2.45) is 0 Å². The van der Waals surface area contributed by atoms with E-state index in [1.54, 1.807) is 25.1 Å². The van der Waals surface area contributed by atoms with E-state index in [4.69, 9.17) is 14.6 Å². The summed E-state index contributed by atoms with van der Waals surface area (Å²) < 4.78 is 10.4. The number of carbonyl (C=O) groups is 1. The minimum Gasteiger partial charge on any atom is -0.481 e. The number of hydrogen-bond donors (Lipinski definition) is 2. The zero-order valence-electron chi connectivity index (χ0n) is 9.47. The minimum atomic E-state index is -1.12. The molecule has 1 aliphatic rings. The van der Waals surface area contributed by atoms with E-state index < -0.39 is 11.4 Å². The van der Waals surface area contributed by atoms with E-state index in [2.05, 4.69) is 0 Å². The topological polar surface area (TPSA) is 76.0 Å². The lowest BCUT2D eigenvalue weighted by molar-refractivity contribution is -0.143. The van der Waals surface area contributed by atoms with Crippen LogP contribution in [0.25, 0.3) is 0 Å². The maximum absolute atomic E-state index is 11.3. The molecule has 0 amide bonds. The maximum atomic E-state index is 11.3. The first-order valence-corrected chi connectivity index (χ1v) is 5.32. The second-order valence-electron chi connectivity index (χ2n) is 4.18. The number of aliphatic hydroxyl groups is 1. The fourth-order valence-corrected chi connectivity index (χ4v) is 1.84. The van der Waals surface area contributed by atoms with Crippen molar-refractivity contribution >= 4 is 5.97 Å². The lowest BCUT2D eigenvalue weighted by atomic mass is 9.79. The lowest BCUT2D eigenvalue weighted by Crippen LogP contribution is -2.33. The Hall–Kier alpha value is -1.75. The molecule has 92 valence electrons. The summed E-state index contributed by atoms with van der Waals surface area (Å²) >= 11 is 0. The third-order valence-corrected chi connectivity index (χ3v) is 3.09. The number of hydrogen-bond acceptors (Lipinski definition) is 4. The van der Waals surface area contributed by atoms with Gasteiger partial charge in [-0.25, -0.2) is 0 Å². The van der Waals surface area contributed by atoms with E-state index >= 15 is 0 Å². The monoisotopic (exact) mass is 238 g/mol. The molecule has 0 aliphatic carbocycles. The smallest absolute Gasteiger partial charge is 0.313 e. The normalized spacial score (nSPS) is 16.6. The van der Waals surface area contributed by atoms with Crippen molar-refractivity contribution < 1.29 is 24.5 Å². The van der Waals surface area contributed by atoms with Gasteiger partial charge in [0, 0.05) is 6.61 Å². The van der Waals surface area contributed by atoms with Crippen molar-refractivity contribution in [2.75, 3.05) is 13.4 Å². The molecule has 1 aromatic carbocycles. The number of aliphatic carboxylic acids is 1. The molecule has 1 unspecified atom stereocenters. The van der Waals surface area contributed by atoms with Gasteiger partial charge in [-0.1, -0.05) is 6.07 Å². The van der Waals surface area contributed by atoms with Crippen LogP contribution < -0.4 is 9.47 Å². The van der Waals surface area contributed by atoms with Crippen molar-refractivity contribution in [1.29, 1.82) is 0 Å². The Bertz CT molecular complexity index is 443. The fourth-order valence-electron chi connectivity index (χ4n) is 1.84. The van der Waals surface area contributed by atoms with Gasteiger partial charge in [-0.15, -0.1) is 0 Å². The van der Waals surface area contributed by atoms with Gasteiger partial charge in [-0.3, -0.25) is 4.79 Å². The molecule has 0 bridgehead atoms. The Kier molecular flexibility index (Phi) is 2.93. The van der Waals surface area contributed by atoms with Crippen LogP contribution in [-0.4, -0.2) is 29.6 Å². The molecular weight excluding hydrogens is 224 g/mol. The predicted octanol–water partition coefficient (Wildman–Crippen LogP) is 1.14. The Labute approximate surface area is 98.6 Å². The molecule has 1 aromatic rings. The molecule has 0 spiro atoms. The average molecular weight is 238 g/mol. The number of fused-ring (bicyclic) bond motifs is 1. The Morgan fingerprint density at radius 2 is 2.12 bits per heavy atom.